The van der Waals surface area contributed by atoms with Crippen LogP contribution in [0.4, 0.5) is 0 Å². The van der Waals surface area contributed by atoms with Gasteiger partial charge in [0.2, 0.25) is 0 Å². The van der Waals surface area contributed by atoms with Gasteiger partial charge in [-0.05, 0) is 18.1 Å². The Balaban J connectivity index is 2.29. The van der Waals surface area contributed by atoms with Crippen molar-refractivity contribution in [1.82, 2.24) is 10.3 Å². The number of amides is 1. The van der Waals surface area contributed by atoms with Crippen molar-refractivity contribution >= 4 is 17.5 Å². The second-order valence-corrected chi connectivity index (χ2v) is 4.19. The molecule has 1 N–H and O–H groups in total. The number of halogens is 1. The molecule has 0 aromatic carbocycles. The van der Waals surface area contributed by atoms with Crippen molar-refractivity contribution in [3.63, 3.8) is 0 Å². The Morgan fingerprint density at radius 2 is 2.31 bits per heavy atom. The van der Waals surface area contributed by atoms with Crippen molar-refractivity contribution in [2.24, 2.45) is 5.92 Å². The Morgan fingerprint density at radius 3 is 2.88 bits per heavy atom. The van der Waals surface area contributed by atoms with Gasteiger partial charge in [-0.1, -0.05) is 25.4 Å². The molecule has 0 atom stereocenters. The average Bonchev–Trinajstić information content (AvgIpc) is 2.25. The van der Waals surface area contributed by atoms with E-state index in [1.165, 1.54) is 6.20 Å². The van der Waals surface area contributed by atoms with Gasteiger partial charge in [-0.15, -0.1) is 0 Å². The number of hydrogen-bond donors (Lipinski definition) is 1. The summed E-state index contributed by atoms with van der Waals surface area (Å²) in [6.45, 7) is 4.71. The molecule has 5 heteroatoms. The standard InChI is InChI=1S/C11H15ClN2O2/c1-8(2)5-14-11(15)7-16-9-3-4-10(12)13-6-9/h3-4,6,8H,5,7H2,1-2H3,(H,14,15). The minimum atomic E-state index is -0.136. The molecule has 88 valence electrons. The summed E-state index contributed by atoms with van der Waals surface area (Å²) in [5, 5.41) is 3.15. The van der Waals surface area contributed by atoms with Gasteiger partial charge in [-0.25, -0.2) is 4.98 Å². The maximum absolute atomic E-state index is 11.3. The third kappa shape index (κ3) is 4.98. The molecular weight excluding hydrogens is 228 g/mol. The Bertz CT molecular complexity index is 338. The van der Waals surface area contributed by atoms with Gasteiger partial charge in [0.05, 0.1) is 6.20 Å². The molecule has 0 aliphatic carbocycles. The normalized spacial score (nSPS) is 10.2. The molecule has 1 aromatic rings. The summed E-state index contributed by atoms with van der Waals surface area (Å²) in [6, 6.07) is 3.29. The van der Waals surface area contributed by atoms with Crippen LogP contribution in [-0.4, -0.2) is 24.0 Å². The zero-order chi connectivity index (χ0) is 12.0. The molecule has 16 heavy (non-hydrogen) atoms. The van der Waals surface area contributed by atoms with Gasteiger partial charge in [0.15, 0.2) is 6.61 Å². The van der Waals surface area contributed by atoms with Crippen LogP contribution in [0.25, 0.3) is 0 Å². The van der Waals surface area contributed by atoms with Crippen molar-refractivity contribution in [2.45, 2.75) is 13.8 Å². The van der Waals surface area contributed by atoms with Gasteiger partial charge in [0.25, 0.3) is 5.91 Å². The Kier molecular flexibility index (Phi) is 5.05. The molecule has 1 aromatic heterocycles. The zero-order valence-electron chi connectivity index (χ0n) is 9.37. The highest BCUT2D eigenvalue weighted by Gasteiger charge is 2.03. The van der Waals surface area contributed by atoms with Gasteiger partial charge in [-0.3, -0.25) is 4.79 Å². The second kappa shape index (κ2) is 6.33. The number of nitrogens with zero attached hydrogens (tertiary/aromatic N) is 1. The number of hydrogen-bond acceptors (Lipinski definition) is 3. The van der Waals surface area contributed by atoms with E-state index in [-0.39, 0.29) is 12.5 Å². The highest BCUT2D eigenvalue weighted by molar-refractivity contribution is 6.29. The number of aromatic nitrogens is 1. The van der Waals surface area contributed by atoms with Crippen molar-refractivity contribution in [1.29, 1.82) is 0 Å². The maximum atomic E-state index is 11.3. The predicted octanol–water partition coefficient (Wildman–Crippen LogP) is 1.89. The van der Waals surface area contributed by atoms with Gasteiger partial charge in [0, 0.05) is 6.54 Å². The van der Waals surface area contributed by atoms with Crippen molar-refractivity contribution < 1.29 is 9.53 Å². The van der Waals surface area contributed by atoms with Crippen LogP contribution in [0.3, 0.4) is 0 Å². The fourth-order valence-corrected chi connectivity index (χ4v) is 1.08. The molecular formula is C11H15ClN2O2. The van der Waals surface area contributed by atoms with E-state index in [0.717, 1.165) is 0 Å². The van der Waals surface area contributed by atoms with Crippen molar-refractivity contribution in [2.75, 3.05) is 13.2 Å². The van der Waals surface area contributed by atoms with Crippen LogP contribution in [0.5, 0.6) is 5.75 Å². The topological polar surface area (TPSA) is 51.2 Å². The molecule has 0 unspecified atom stereocenters. The molecule has 1 heterocycles. The number of carbonyl (C=O) groups is 1. The summed E-state index contributed by atoms with van der Waals surface area (Å²) >= 11 is 5.61. The first-order valence-electron chi connectivity index (χ1n) is 5.09. The third-order valence-corrected chi connectivity index (χ3v) is 2.00. The monoisotopic (exact) mass is 242 g/mol. The molecule has 1 rings (SSSR count). The van der Waals surface area contributed by atoms with E-state index in [9.17, 15) is 4.79 Å². The molecule has 0 spiro atoms. The lowest BCUT2D eigenvalue weighted by atomic mass is 10.2. The smallest absolute Gasteiger partial charge is 0.257 e. The number of pyridine rings is 1. The first-order valence-corrected chi connectivity index (χ1v) is 5.47. The Hall–Kier alpha value is -1.29. The Labute approximate surface area is 100.0 Å². The van der Waals surface area contributed by atoms with Crippen LogP contribution in [0.1, 0.15) is 13.8 Å². The SMILES string of the molecule is CC(C)CNC(=O)COc1ccc(Cl)nc1. The number of carbonyl (C=O) groups excluding carboxylic acids is 1. The predicted molar refractivity (Wildman–Crippen MR) is 62.6 cm³/mol. The van der Waals surface area contributed by atoms with E-state index in [1.54, 1.807) is 12.1 Å². The zero-order valence-corrected chi connectivity index (χ0v) is 10.1. The largest absolute Gasteiger partial charge is 0.482 e. The average molecular weight is 243 g/mol. The van der Waals surface area contributed by atoms with E-state index < -0.39 is 0 Å². The molecule has 0 bridgehead atoms. The molecule has 0 aliphatic heterocycles. The van der Waals surface area contributed by atoms with E-state index in [0.29, 0.717) is 23.4 Å². The van der Waals surface area contributed by atoms with E-state index in [2.05, 4.69) is 10.3 Å². The van der Waals surface area contributed by atoms with Crippen LogP contribution in [0.2, 0.25) is 5.15 Å². The fourth-order valence-electron chi connectivity index (χ4n) is 0.966. The lowest BCUT2D eigenvalue weighted by Crippen LogP contribution is -2.31. The van der Waals surface area contributed by atoms with Gasteiger partial charge in [-0.2, -0.15) is 0 Å². The van der Waals surface area contributed by atoms with Crippen LogP contribution in [0, 0.1) is 5.92 Å². The molecule has 1 amide bonds. The van der Waals surface area contributed by atoms with Crippen LogP contribution in [-0.2, 0) is 4.79 Å². The molecule has 0 aliphatic rings. The lowest BCUT2D eigenvalue weighted by Gasteiger charge is -2.08. The molecule has 4 nitrogen and oxygen atoms in total. The number of rotatable bonds is 5. The Morgan fingerprint density at radius 1 is 1.56 bits per heavy atom. The quantitative estimate of drug-likeness (QED) is 0.803. The van der Waals surface area contributed by atoms with Crippen LogP contribution >= 0.6 is 11.6 Å². The lowest BCUT2D eigenvalue weighted by molar-refractivity contribution is -0.123. The minimum absolute atomic E-state index is 0.00394. The van der Waals surface area contributed by atoms with E-state index in [4.69, 9.17) is 16.3 Å². The molecule has 0 saturated heterocycles. The number of nitrogens with one attached hydrogen (secondary N) is 1. The second-order valence-electron chi connectivity index (χ2n) is 3.80. The summed E-state index contributed by atoms with van der Waals surface area (Å²) in [5.41, 5.74) is 0. The highest BCUT2D eigenvalue weighted by Crippen LogP contribution is 2.11. The van der Waals surface area contributed by atoms with Crippen molar-refractivity contribution in [3.8, 4) is 5.75 Å². The number of ether oxygens (including phenoxy) is 1. The highest BCUT2D eigenvalue weighted by atomic mass is 35.5. The third-order valence-electron chi connectivity index (χ3n) is 1.78. The van der Waals surface area contributed by atoms with E-state index >= 15 is 0 Å². The van der Waals surface area contributed by atoms with Crippen LogP contribution < -0.4 is 10.1 Å². The molecule has 0 fully saturated rings. The summed E-state index contributed by atoms with van der Waals surface area (Å²) < 4.78 is 5.22. The fraction of sp³-hybridized carbons (Fsp3) is 0.455. The molecule has 0 saturated carbocycles. The summed E-state index contributed by atoms with van der Waals surface area (Å²) in [4.78, 5) is 15.1. The molecule has 0 radical (unpaired) electrons. The first-order chi connectivity index (χ1) is 7.58. The summed E-state index contributed by atoms with van der Waals surface area (Å²) in [5.74, 6) is 0.828. The first kappa shape index (κ1) is 12.8. The van der Waals surface area contributed by atoms with Gasteiger partial charge >= 0.3 is 0 Å². The van der Waals surface area contributed by atoms with Crippen molar-refractivity contribution in [3.05, 3.63) is 23.5 Å². The maximum Gasteiger partial charge on any atom is 0.257 e. The van der Waals surface area contributed by atoms with Gasteiger partial charge < -0.3 is 10.1 Å². The van der Waals surface area contributed by atoms with E-state index in [1.807, 2.05) is 13.8 Å². The summed E-state index contributed by atoms with van der Waals surface area (Å²) in [7, 11) is 0. The van der Waals surface area contributed by atoms with Crippen LogP contribution in [0.15, 0.2) is 18.3 Å². The minimum Gasteiger partial charge on any atom is -0.482 e. The van der Waals surface area contributed by atoms with Gasteiger partial charge in [0.1, 0.15) is 10.9 Å². The summed E-state index contributed by atoms with van der Waals surface area (Å²) in [6.07, 6.45) is 1.48.